The van der Waals surface area contributed by atoms with Crippen molar-refractivity contribution in [3.63, 3.8) is 0 Å². The number of ketones is 1. The number of Topliss-reactive ketones (excluding diaryl/α,β-unsaturated/α-hetero) is 1. The minimum absolute atomic E-state index is 0.00499. The number of ether oxygens (including phenoxy) is 2. The van der Waals surface area contributed by atoms with Gasteiger partial charge in [0.1, 0.15) is 12.4 Å². The van der Waals surface area contributed by atoms with Crippen LogP contribution in [-0.4, -0.2) is 48.6 Å². The summed E-state index contributed by atoms with van der Waals surface area (Å²) in [6.07, 6.45) is 2.03. The van der Waals surface area contributed by atoms with Gasteiger partial charge in [-0.2, -0.15) is 0 Å². The summed E-state index contributed by atoms with van der Waals surface area (Å²) in [7, 11) is 1.68. The second kappa shape index (κ2) is 8.81. The van der Waals surface area contributed by atoms with E-state index in [9.17, 15) is 9.59 Å². The molecular weight excluding hydrogens is 348 g/mol. The van der Waals surface area contributed by atoms with Crippen LogP contribution in [0.4, 0.5) is 0 Å². The molecule has 1 atom stereocenters. The Labute approximate surface area is 158 Å². The number of benzene rings is 1. The molecule has 1 fully saturated rings. The maximum Gasteiger partial charge on any atom is 0.276 e. The van der Waals surface area contributed by atoms with Crippen molar-refractivity contribution in [3.05, 3.63) is 47.3 Å². The van der Waals surface area contributed by atoms with Crippen LogP contribution in [0.5, 0.6) is 5.75 Å². The summed E-state index contributed by atoms with van der Waals surface area (Å²) in [5, 5.41) is 3.89. The lowest BCUT2D eigenvalue weighted by molar-refractivity contribution is 0.0561. The SMILES string of the molecule is COC[C@H]1CCCN(C(=O)c2cc(COc3ccc(C(C)=O)cc3)on2)C1. The summed E-state index contributed by atoms with van der Waals surface area (Å²) in [4.78, 5) is 25.7. The van der Waals surface area contributed by atoms with Gasteiger partial charge in [-0.3, -0.25) is 9.59 Å². The standard InChI is InChI=1S/C20H24N2O5/c1-14(23)16-5-7-17(8-6-16)26-13-18-10-19(21-27-18)20(24)22-9-3-4-15(11-22)12-25-2/h5-8,10,15H,3-4,9,11-13H2,1-2H3/t15-/m0/s1. The monoisotopic (exact) mass is 372 g/mol. The predicted octanol–water partition coefficient (Wildman–Crippen LogP) is 2.95. The Bertz CT molecular complexity index is 782. The van der Waals surface area contributed by atoms with Crippen molar-refractivity contribution in [1.29, 1.82) is 0 Å². The molecule has 0 unspecified atom stereocenters. The molecule has 7 heteroatoms. The lowest BCUT2D eigenvalue weighted by Crippen LogP contribution is -2.41. The molecule has 1 saturated heterocycles. The molecule has 0 radical (unpaired) electrons. The van der Waals surface area contributed by atoms with Crippen LogP contribution in [0.2, 0.25) is 0 Å². The average molecular weight is 372 g/mol. The maximum absolute atomic E-state index is 12.6. The van der Waals surface area contributed by atoms with Crippen LogP contribution < -0.4 is 4.74 Å². The van der Waals surface area contributed by atoms with Crippen molar-refractivity contribution in [3.8, 4) is 5.75 Å². The smallest absolute Gasteiger partial charge is 0.276 e. The Hall–Kier alpha value is -2.67. The van der Waals surface area contributed by atoms with E-state index in [4.69, 9.17) is 14.0 Å². The van der Waals surface area contributed by atoms with E-state index in [0.29, 0.717) is 41.8 Å². The van der Waals surface area contributed by atoms with Crippen LogP contribution in [0.25, 0.3) is 0 Å². The Morgan fingerprint density at radius 2 is 2.07 bits per heavy atom. The van der Waals surface area contributed by atoms with Crippen molar-refractivity contribution in [2.75, 3.05) is 26.8 Å². The minimum atomic E-state index is -0.128. The zero-order valence-electron chi connectivity index (χ0n) is 15.6. The quantitative estimate of drug-likeness (QED) is 0.695. The number of amides is 1. The fourth-order valence-corrected chi connectivity index (χ4v) is 3.21. The molecule has 0 N–H and O–H groups in total. The van der Waals surface area contributed by atoms with Gasteiger partial charge in [0.2, 0.25) is 0 Å². The summed E-state index contributed by atoms with van der Waals surface area (Å²) < 4.78 is 16.1. The van der Waals surface area contributed by atoms with Crippen LogP contribution in [-0.2, 0) is 11.3 Å². The van der Waals surface area contributed by atoms with Gasteiger partial charge < -0.3 is 18.9 Å². The van der Waals surface area contributed by atoms with E-state index in [2.05, 4.69) is 5.16 Å². The Morgan fingerprint density at radius 3 is 2.78 bits per heavy atom. The van der Waals surface area contributed by atoms with Gasteiger partial charge in [-0.05, 0) is 49.9 Å². The summed E-state index contributed by atoms with van der Waals surface area (Å²) in [6, 6.07) is 8.48. The third-order valence-corrected chi connectivity index (χ3v) is 4.63. The summed E-state index contributed by atoms with van der Waals surface area (Å²) in [6.45, 7) is 3.73. The molecule has 0 aliphatic carbocycles. The van der Waals surface area contributed by atoms with Crippen molar-refractivity contribution in [1.82, 2.24) is 10.1 Å². The van der Waals surface area contributed by atoms with Gasteiger partial charge in [0.25, 0.3) is 5.91 Å². The van der Waals surface area contributed by atoms with Crippen LogP contribution in [0, 0.1) is 5.92 Å². The number of hydrogen-bond donors (Lipinski definition) is 0. The van der Waals surface area contributed by atoms with Gasteiger partial charge in [-0.25, -0.2) is 0 Å². The molecule has 1 aromatic heterocycles. The van der Waals surface area contributed by atoms with Crippen LogP contribution in [0.1, 0.15) is 46.4 Å². The molecule has 0 saturated carbocycles. The topological polar surface area (TPSA) is 81.9 Å². The molecule has 144 valence electrons. The molecular formula is C20H24N2O5. The van der Waals surface area contributed by atoms with Crippen molar-refractivity contribution < 1.29 is 23.6 Å². The minimum Gasteiger partial charge on any atom is -0.486 e. The van der Waals surface area contributed by atoms with Crippen molar-refractivity contribution >= 4 is 11.7 Å². The molecule has 27 heavy (non-hydrogen) atoms. The summed E-state index contributed by atoms with van der Waals surface area (Å²) >= 11 is 0. The molecule has 1 aliphatic heterocycles. The van der Waals surface area contributed by atoms with E-state index in [-0.39, 0.29) is 18.3 Å². The number of rotatable bonds is 7. The molecule has 2 heterocycles. The van der Waals surface area contributed by atoms with E-state index in [1.807, 2.05) is 0 Å². The molecule has 3 rings (SSSR count). The van der Waals surface area contributed by atoms with Gasteiger partial charge in [0, 0.05) is 31.8 Å². The molecule has 1 aromatic carbocycles. The Balaban J connectivity index is 1.56. The van der Waals surface area contributed by atoms with Crippen molar-refractivity contribution in [2.45, 2.75) is 26.4 Å². The first-order valence-corrected chi connectivity index (χ1v) is 9.04. The Kier molecular flexibility index (Phi) is 6.24. The fourth-order valence-electron chi connectivity index (χ4n) is 3.21. The second-order valence-electron chi connectivity index (χ2n) is 6.76. The van der Waals surface area contributed by atoms with E-state index >= 15 is 0 Å². The molecule has 0 bridgehead atoms. The number of likely N-dealkylation sites (tertiary alicyclic amines) is 1. The third-order valence-electron chi connectivity index (χ3n) is 4.63. The molecule has 0 spiro atoms. The number of methoxy groups -OCH3 is 1. The molecule has 1 aliphatic rings. The van der Waals surface area contributed by atoms with Gasteiger partial charge >= 0.3 is 0 Å². The highest BCUT2D eigenvalue weighted by molar-refractivity contribution is 5.94. The van der Waals surface area contributed by atoms with Gasteiger partial charge in [-0.15, -0.1) is 0 Å². The summed E-state index contributed by atoms with van der Waals surface area (Å²) in [5.74, 6) is 1.32. The van der Waals surface area contributed by atoms with E-state index in [1.54, 1.807) is 42.3 Å². The first-order valence-electron chi connectivity index (χ1n) is 9.04. The zero-order valence-corrected chi connectivity index (χ0v) is 15.6. The first kappa shape index (κ1) is 19.1. The number of hydrogen-bond acceptors (Lipinski definition) is 6. The fraction of sp³-hybridized carbons (Fsp3) is 0.450. The van der Waals surface area contributed by atoms with E-state index < -0.39 is 0 Å². The zero-order chi connectivity index (χ0) is 19.2. The molecule has 2 aromatic rings. The molecule has 1 amide bonds. The number of aromatic nitrogens is 1. The van der Waals surface area contributed by atoms with Crippen molar-refractivity contribution in [2.24, 2.45) is 5.92 Å². The number of nitrogens with zero attached hydrogens (tertiary/aromatic N) is 2. The first-order chi connectivity index (χ1) is 13.1. The van der Waals surface area contributed by atoms with Gasteiger partial charge in [0.15, 0.2) is 17.2 Å². The highest BCUT2D eigenvalue weighted by Gasteiger charge is 2.26. The number of carbonyl (C=O) groups excluding carboxylic acids is 2. The lowest BCUT2D eigenvalue weighted by Gasteiger charge is -2.31. The van der Waals surface area contributed by atoms with Crippen LogP contribution in [0.3, 0.4) is 0 Å². The van der Waals surface area contributed by atoms with Gasteiger partial charge in [-0.1, -0.05) is 5.16 Å². The lowest BCUT2D eigenvalue weighted by atomic mass is 9.99. The van der Waals surface area contributed by atoms with E-state index in [1.165, 1.54) is 6.92 Å². The van der Waals surface area contributed by atoms with E-state index in [0.717, 1.165) is 19.4 Å². The van der Waals surface area contributed by atoms with Crippen LogP contribution in [0.15, 0.2) is 34.9 Å². The normalized spacial score (nSPS) is 17.0. The Morgan fingerprint density at radius 1 is 1.30 bits per heavy atom. The number of carbonyl (C=O) groups is 2. The average Bonchev–Trinajstić information content (AvgIpc) is 3.15. The largest absolute Gasteiger partial charge is 0.486 e. The maximum atomic E-state index is 12.6. The predicted molar refractivity (Wildman–Crippen MR) is 97.8 cm³/mol. The highest BCUT2D eigenvalue weighted by atomic mass is 16.5. The number of piperidine rings is 1. The molecule has 7 nitrogen and oxygen atoms in total. The third kappa shape index (κ3) is 4.95. The van der Waals surface area contributed by atoms with Gasteiger partial charge in [0.05, 0.1) is 6.61 Å². The van der Waals surface area contributed by atoms with Crippen LogP contribution >= 0.6 is 0 Å². The second-order valence-corrected chi connectivity index (χ2v) is 6.76. The summed E-state index contributed by atoms with van der Waals surface area (Å²) in [5.41, 5.74) is 0.918. The highest BCUT2D eigenvalue weighted by Crippen LogP contribution is 2.20.